The lowest BCUT2D eigenvalue weighted by atomic mass is 10.3. The van der Waals surface area contributed by atoms with E-state index < -0.39 is 22.5 Å². The number of rotatable bonds is 6. The van der Waals surface area contributed by atoms with Crippen molar-refractivity contribution < 1.29 is 22.7 Å². The third-order valence-corrected chi connectivity index (χ3v) is 5.66. The number of methoxy groups -OCH3 is 2. The van der Waals surface area contributed by atoms with Crippen molar-refractivity contribution in [3.63, 3.8) is 0 Å². The molecule has 0 saturated carbocycles. The Morgan fingerprint density at radius 2 is 1.72 bits per heavy atom. The van der Waals surface area contributed by atoms with E-state index >= 15 is 0 Å². The van der Waals surface area contributed by atoms with Crippen LogP contribution < -0.4 is 9.04 Å². The lowest BCUT2D eigenvalue weighted by Gasteiger charge is -2.24. The molecule has 0 N–H and O–H groups in total. The van der Waals surface area contributed by atoms with Gasteiger partial charge in [-0.05, 0) is 42.5 Å². The van der Waals surface area contributed by atoms with Crippen LogP contribution in [0.25, 0.3) is 0 Å². The fourth-order valence-electron chi connectivity index (χ4n) is 2.04. The number of sulfonamides is 1. The summed E-state index contributed by atoms with van der Waals surface area (Å²) >= 11 is 11.9. The number of anilines is 1. The second-order valence-corrected chi connectivity index (χ2v) is 7.57. The Hall–Kier alpha value is -1.96. The molecule has 0 bridgehead atoms. The van der Waals surface area contributed by atoms with Crippen molar-refractivity contribution in [1.82, 2.24) is 0 Å². The van der Waals surface area contributed by atoms with E-state index in [2.05, 4.69) is 4.74 Å². The first-order valence-electron chi connectivity index (χ1n) is 6.98. The zero-order valence-corrected chi connectivity index (χ0v) is 15.7. The van der Waals surface area contributed by atoms with Gasteiger partial charge in [0.2, 0.25) is 0 Å². The summed E-state index contributed by atoms with van der Waals surface area (Å²) in [5.41, 5.74) is 0.200. The van der Waals surface area contributed by atoms with Gasteiger partial charge in [0.1, 0.15) is 12.3 Å². The summed E-state index contributed by atoms with van der Waals surface area (Å²) in [6.07, 6.45) is 0. The molecule has 25 heavy (non-hydrogen) atoms. The zero-order valence-electron chi connectivity index (χ0n) is 13.4. The maximum absolute atomic E-state index is 13.0. The van der Waals surface area contributed by atoms with E-state index in [1.807, 2.05) is 0 Å². The summed E-state index contributed by atoms with van der Waals surface area (Å²) in [6.45, 7) is -0.510. The van der Waals surface area contributed by atoms with Crippen LogP contribution in [0, 0.1) is 0 Å². The van der Waals surface area contributed by atoms with E-state index in [0.29, 0.717) is 10.8 Å². The lowest BCUT2D eigenvalue weighted by molar-refractivity contribution is -0.138. The molecule has 0 aliphatic rings. The first-order valence-corrected chi connectivity index (χ1v) is 9.18. The number of nitrogens with zero attached hydrogens (tertiary/aromatic N) is 1. The van der Waals surface area contributed by atoms with Crippen LogP contribution in [0.15, 0.2) is 47.4 Å². The van der Waals surface area contributed by atoms with E-state index in [4.69, 9.17) is 27.9 Å². The van der Waals surface area contributed by atoms with Crippen LogP contribution in [0.2, 0.25) is 10.0 Å². The Bertz CT molecular complexity index is 869. The Labute approximate surface area is 155 Å². The second kappa shape index (κ2) is 7.95. The molecular weight excluding hydrogens is 389 g/mol. The highest BCUT2D eigenvalue weighted by molar-refractivity contribution is 7.92. The van der Waals surface area contributed by atoms with Crippen LogP contribution in [0.5, 0.6) is 5.75 Å². The van der Waals surface area contributed by atoms with Gasteiger partial charge >= 0.3 is 5.97 Å². The molecule has 0 aromatic heterocycles. The summed E-state index contributed by atoms with van der Waals surface area (Å²) in [5.74, 6) is -0.336. The van der Waals surface area contributed by atoms with Crippen LogP contribution in [0.3, 0.4) is 0 Å². The number of hydrogen-bond acceptors (Lipinski definition) is 5. The lowest BCUT2D eigenvalue weighted by Crippen LogP contribution is -2.36. The molecule has 0 aliphatic heterocycles. The molecule has 0 atom stereocenters. The summed E-state index contributed by atoms with van der Waals surface area (Å²) in [7, 11) is -1.42. The molecule has 9 heteroatoms. The second-order valence-electron chi connectivity index (χ2n) is 4.86. The average molecular weight is 404 g/mol. The third kappa shape index (κ3) is 4.36. The Kier molecular flexibility index (Phi) is 6.16. The van der Waals surface area contributed by atoms with Crippen molar-refractivity contribution in [3.8, 4) is 5.75 Å². The molecule has 2 aromatic rings. The van der Waals surface area contributed by atoms with Crippen LogP contribution in [0.4, 0.5) is 5.69 Å². The third-order valence-electron chi connectivity index (χ3n) is 3.33. The SMILES string of the molecule is COC(=O)CN(c1ccc(OC)c(Cl)c1)S(=O)(=O)c1ccc(Cl)cc1. The number of esters is 1. The molecule has 0 spiro atoms. The smallest absolute Gasteiger partial charge is 0.326 e. The van der Waals surface area contributed by atoms with Crippen LogP contribution in [0.1, 0.15) is 0 Å². The molecule has 134 valence electrons. The van der Waals surface area contributed by atoms with Crippen molar-refractivity contribution in [2.75, 3.05) is 25.1 Å². The number of halogens is 2. The molecule has 0 fully saturated rings. The molecule has 2 rings (SSSR count). The van der Waals surface area contributed by atoms with Crippen LogP contribution in [-0.2, 0) is 19.6 Å². The van der Waals surface area contributed by atoms with E-state index in [1.54, 1.807) is 0 Å². The van der Waals surface area contributed by atoms with Crippen molar-refractivity contribution >= 4 is 44.9 Å². The van der Waals surface area contributed by atoms with Crippen molar-refractivity contribution in [1.29, 1.82) is 0 Å². The molecule has 0 amide bonds. The monoisotopic (exact) mass is 403 g/mol. The number of carbonyl (C=O) groups excluding carboxylic acids is 1. The Balaban J connectivity index is 2.53. The molecule has 0 unspecified atom stereocenters. The number of ether oxygens (including phenoxy) is 2. The highest BCUT2D eigenvalue weighted by Crippen LogP contribution is 2.32. The maximum atomic E-state index is 13.0. The molecular formula is C16H15Cl2NO5S. The van der Waals surface area contributed by atoms with E-state index in [0.717, 1.165) is 4.31 Å². The first-order chi connectivity index (χ1) is 11.8. The molecule has 0 saturated heterocycles. The molecule has 0 radical (unpaired) electrons. The molecule has 0 aliphatic carbocycles. The summed E-state index contributed by atoms with van der Waals surface area (Å²) < 4.78 is 36.5. The largest absolute Gasteiger partial charge is 0.495 e. The number of carbonyl (C=O) groups is 1. The highest BCUT2D eigenvalue weighted by atomic mass is 35.5. The minimum absolute atomic E-state index is 0.0206. The number of hydrogen-bond donors (Lipinski definition) is 0. The average Bonchev–Trinajstić information content (AvgIpc) is 2.59. The predicted octanol–water partition coefficient (Wildman–Crippen LogP) is 3.37. The Morgan fingerprint density at radius 1 is 1.08 bits per heavy atom. The van der Waals surface area contributed by atoms with Gasteiger partial charge < -0.3 is 9.47 Å². The zero-order chi connectivity index (χ0) is 18.6. The van der Waals surface area contributed by atoms with Crippen molar-refractivity contribution in [2.24, 2.45) is 0 Å². The minimum atomic E-state index is -4.04. The Morgan fingerprint density at radius 3 is 2.24 bits per heavy atom. The fourth-order valence-corrected chi connectivity index (χ4v) is 3.82. The molecule has 6 nitrogen and oxygen atoms in total. The van der Waals surface area contributed by atoms with Gasteiger partial charge in [-0.2, -0.15) is 0 Å². The normalized spacial score (nSPS) is 11.0. The standard InChI is InChI=1S/C16H15Cl2NO5S/c1-23-15-8-5-12(9-14(15)18)19(10-16(20)24-2)25(21,22)13-6-3-11(17)4-7-13/h3-9H,10H2,1-2H3. The van der Waals surface area contributed by atoms with E-state index in [1.165, 1.54) is 56.7 Å². The van der Waals surface area contributed by atoms with Gasteiger partial charge in [0.05, 0.1) is 29.8 Å². The summed E-state index contributed by atoms with van der Waals surface area (Å²) in [6, 6.07) is 10.0. The fraction of sp³-hybridized carbons (Fsp3) is 0.188. The van der Waals surface area contributed by atoms with Gasteiger partial charge in [0.15, 0.2) is 0 Å². The summed E-state index contributed by atoms with van der Waals surface area (Å²) in [4.78, 5) is 11.7. The van der Waals surface area contributed by atoms with Gasteiger partial charge in [0, 0.05) is 5.02 Å². The van der Waals surface area contributed by atoms with Gasteiger partial charge in [-0.1, -0.05) is 23.2 Å². The van der Waals surface area contributed by atoms with Gasteiger partial charge in [-0.15, -0.1) is 0 Å². The van der Waals surface area contributed by atoms with Crippen molar-refractivity contribution in [3.05, 3.63) is 52.5 Å². The van der Waals surface area contributed by atoms with Crippen molar-refractivity contribution in [2.45, 2.75) is 4.90 Å². The van der Waals surface area contributed by atoms with Gasteiger partial charge in [0.25, 0.3) is 10.0 Å². The minimum Gasteiger partial charge on any atom is -0.495 e. The highest BCUT2D eigenvalue weighted by Gasteiger charge is 2.28. The first kappa shape index (κ1) is 19.4. The van der Waals surface area contributed by atoms with Crippen LogP contribution in [-0.4, -0.2) is 35.2 Å². The molecule has 2 aromatic carbocycles. The van der Waals surface area contributed by atoms with E-state index in [-0.39, 0.29) is 15.6 Å². The number of benzene rings is 2. The quantitative estimate of drug-likeness (QED) is 0.691. The predicted molar refractivity (Wildman–Crippen MR) is 96.0 cm³/mol. The topological polar surface area (TPSA) is 72.9 Å². The van der Waals surface area contributed by atoms with Crippen LogP contribution >= 0.6 is 23.2 Å². The van der Waals surface area contributed by atoms with E-state index in [9.17, 15) is 13.2 Å². The maximum Gasteiger partial charge on any atom is 0.326 e. The summed E-state index contributed by atoms with van der Waals surface area (Å²) in [5, 5.41) is 0.604. The molecule has 0 heterocycles. The van der Waals surface area contributed by atoms with Gasteiger partial charge in [-0.25, -0.2) is 8.42 Å². The van der Waals surface area contributed by atoms with Gasteiger partial charge in [-0.3, -0.25) is 9.10 Å².